The lowest BCUT2D eigenvalue weighted by Gasteiger charge is -2.18. The zero-order chi connectivity index (χ0) is 28.6. The van der Waals surface area contributed by atoms with Gasteiger partial charge in [0, 0.05) is 4.88 Å². The van der Waals surface area contributed by atoms with E-state index in [4.69, 9.17) is 14.2 Å². The highest BCUT2D eigenvalue weighted by atomic mass is 32.1. The molecule has 2 N–H and O–H groups in total. The Hall–Kier alpha value is -4.51. The third kappa shape index (κ3) is 6.92. The second-order valence-corrected chi connectivity index (χ2v) is 10.2. The highest BCUT2D eigenvalue weighted by Gasteiger charge is 2.30. The molecular formula is C29H29N3O7S. The molecule has 1 heterocycles. The van der Waals surface area contributed by atoms with Gasteiger partial charge in [-0.05, 0) is 79.6 Å². The zero-order valence-electron chi connectivity index (χ0n) is 22.3. The lowest BCUT2D eigenvalue weighted by Crippen LogP contribution is -2.32. The van der Waals surface area contributed by atoms with Crippen molar-refractivity contribution in [3.05, 3.63) is 75.7 Å². The first-order valence-corrected chi connectivity index (χ1v) is 13.5. The molecule has 0 aliphatic heterocycles. The molecule has 0 saturated heterocycles. The van der Waals surface area contributed by atoms with Gasteiger partial charge in [-0.25, -0.2) is 15.0 Å². The average molecular weight is 564 g/mol. The summed E-state index contributed by atoms with van der Waals surface area (Å²) >= 11 is 1.29. The van der Waals surface area contributed by atoms with Gasteiger partial charge in [0.15, 0.2) is 0 Å². The van der Waals surface area contributed by atoms with Crippen LogP contribution < -0.4 is 20.2 Å². The number of ether oxygens (including phenoxy) is 3. The molecule has 0 saturated carbocycles. The minimum Gasteiger partial charge on any atom is -0.497 e. The summed E-state index contributed by atoms with van der Waals surface area (Å²) in [6.07, 6.45) is 3.75. The van der Waals surface area contributed by atoms with Crippen molar-refractivity contribution in [2.24, 2.45) is 11.0 Å². The van der Waals surface area contributed by atoms with Crippen LogP contribution in [0.2, 0.25) is 0 Å². The van der Waals surface area contributed by atoms with E-state index in [1.54, 1.807) is 55.5 Å². The molecule has 0 radical (unpaired) electrons. The monoisotopic (exact) mass is 563 g/mol. The molecular weight excluding hydrogens is 534 g/mol. The van der Waals surface area contributed by atoms with Crippen LogP contribution in [0, 0.1) is 5.92 Å². The Labute approximate surface area is 235 Å². The van der Waals surface area contributed by atoms with Crippen LogP contribution in [0.3, 0.4) is 0 Å². The van der Waals surface area contributed by atoms with E-state index in [-0.39, 0.29) is 12.4 Å². The largest absolute Gasteiger partial charge is 0.497 e. The summed E-state index contributed by atoms with van der Waals surface area (Å²) in [5.41, 5.74) is 4.25. The Kier molecular flexibility index (Phi) is 9.28. The highest BCUT2D eigenvalue weighted by Crippen LogP contribution is 2.40. The molecule has 40 heavy (non-hydrogen) atoms. The number of nitrogens with zero attached hydrogens (tertiary/aromatic N) is 1. The fourth-order valence-corrected chi connectivity index (χ4v) is 5.58. The van der Waals surface area contributed by atoms with E-state index in [2.05, 4.69) is 22.8 Å². The fraction of sp³-hybridized carbons (Fsp3) is 0.276. The van der Waals surface area contributed by atoms with Crippen LogP contribution >= 0.6 is 11.3 Å². The van der Waals surface area contributed by atoms with Crippen LogP contribution in [0.15, 0.2) is 53.6 Å². The number of methoxy groups -OCH3 is 1. The fourth-order valence-electron chi connectivity index (χ4n) is 4.19. The Balaban J connectivity index is 1.37. The normalized spacial score (nSPS) is 14.2. The Bertz CT molecular complexity index is 1450. The molecule has 0 fully saturated rings. The number of thiophene rings is 1. The van der Waals surface area contributed by atoms with Crippen molar-refractivity contribution in [2.45, 2.75) is 33.1 Å². The van der Waals surface area contributed by atoms with E-state index in [1.807, 2.05) is 0 Å². The topological polar surface area (TPSA) is 132 Å². The van der Waals surface area contributed by atoms with Crippen molar-refractivity contribution in [1.82, 2.24) is 5.43 Å². The van der Waals surface area contributed by atoms with Gasteiger partial charge in [0.25, 0.3) is 0 Å². The Morgan fingerprint density at radius 1 is 1.05 bits per heavy atom. The number of nitrogens with one attached hydrogen (secondary N) is 2. The number of benzene rings is 2. The van der Waals surface area contributed by atoms with E-state index < -0.39 is 23.8 Å². The molecule has 11 heteroatoms. The number of anilines is 1. The quantitative estimate of drug-likeness (QED) is 0.137. The number of esters is 2. The first kappa shape index (κ1) is 28.5. The smallest absolute Gasteiger partial charge is 0.343 e. The van der Waals surface area contributed by atoms with E-state index >= 15 is 0 Å². The zero-order valence-corrected chi connectivity index (χ0v) is 23.1. The summed E-state index contributed by atoms with van der Waals surface area (Å²) in [6.45, 7) is 4.05. The molecule has 0 spiro atoms. The third-order valence-corrected chi connectivity index (χ3v) is 7.37. The number of hydrogen-bond donors (Lipinski definition) is 2. The summed E-state index contributed by atoms with van der Waals surface area (Å²) < 4.78 is 15.7. The predicted octanol–water partition coefficient (Wildman–Crippen LogP) is 4.37. The van der Waals surface area contributed by atoms with E-state index in [0.717, 1.165) is 23.3 Å². The second kappa shape index (κ2) is 13.0. The Morgan fingerprint density at radius 3 is 2.55 bits per heavy atom. The summed E-state index contributed by atoms with van der Waals surface area (Å²) in [5.74, 6) is -1.67. The van der Waals surface area contributed by atoms with Crippen LogP contribution in [-0.4, -0.2) is 43.7 Å². The van der Waals surface area contributed by atoms with Crippen LogP contribution in [-0.2, 0) is 27.2 Å². The third-order valence-electron chi connectivity index (χ3n) is 6.20. The molecule has 0 bridgehead atoms. The molecule has 2 aromatic carbocycles. The lowest BCUT2D eigenvalue weighted by atomic mass is 9.88. The molecule has 0 unspecified atom stereocenters. The predicted molar refractivity (Wildman–Crippen MR) is 150 cm³/mol. The van der Waals surface area contributed by atoms with E-state index in [0.29, 0.717) is 39.8 Å². The summed E-state index contributed by atoms with van der Waals surface area (Å²) in [4.78, 5) is 51.1. The SMILES string of the molecule is CCOC(=O)c1c(NC(=O)C(=O)N/N=C\c2cccc(OC(=O)c3ccc(OC)cc3)c2)sc2c1CC[C@H](C)C2. The number of hydrazone groups is 1. The maximum Gasteiger partial charge on any atom is 0.343 e. The Morgan fingerprint density at radius 2 is 1.82 bits per heavy atom. The summed E-state index contributed by atoms with van der Waals surface area (Å²) in [6, 6.07) is 13.0. The highest BCUT2D eigenvalue weighted by molar-refractivity contribution is 7.17. The second-order valence-electron chi connectivity index (χ2n) is 9.12. The number of carbonyl (C=O) groups excluding carboxylic acids is 4. The number of carbonyl (C=O) groups is 4. The minimum absolute atomic E-state index is 0.199. The van der Waals surface area contributed by atoms with Gasteiger partial charge in [-0.2, -0.15) is 5.10 Å². The average Bonchev–Trinajstić information content (AvgIpc) is 3.30. The molecule has 1 aliphatic carbocycles. The molecule has 10 nitrogen and oxygen atoms in total. The van der Waals surface area contributed by atoms with Crippen molar-refractivity contribution >= 4 is 46.3 Å². The first-order valence-electron chi connectivity index (χ1n) is 12.7. The van der Waals surface area contributed by atoms with Crippen LogP contribution in [0.5, 0.6) is 11.5 Å². The number of amides is 2. The van der Waals surface area contributed by atoms with Crippen molar-refractivity contribution < 1.29 is 33.4 Å². The van der Waals surface area contributed by atoms with Crippen LogP contribution in [0.25, 0.3) is 0 Å². The van der Waals surface area contributed by atoms with Crippen LogP contribution in [0.1, 0.15) is 57.0 Å². The molecule has 1 aromatic heterocycles. The van der Waals surface area contributed by atoms with Gasteiger partial charge in [0.1, 0.15) is 16.5 Å². The van der Waals surface area contributed by atoms with Crippen molar-refractivity contribution in [2.75, 3.05) is 19.0 Å². The van der Waals surface area contributed by atoms with Gasteiger partial charge >= 0.3 is 23.8 Å². The minimum atomic E-state index is -1.01. The molecule has 1 atom stereocenters. The van der Waals surface area contributed by atoms with E-state index in [1.165, 1.54) is 24.7 Å². The van der Waals surface area contributed by atoms with Gasteiger partial charge in [0.2, 0.25) is 0 Å². The molecule has 2 amide bonds. The standard InChI is InChI=1S/C29H29N3O7S/c1-4-38-29(36)24-22-13-8-17(2)14-23(22)40-27(24)31-25(33)26(34)32-30-16-18-6-5-7-21(15-18)39-28(35)19-9-11-20(37-3)12-10-19/h5-7,9-12,15-17H,4,8,13-14H2,1-3H3,(H,31,33)(H,32,34)/b30-16-/t17-/m0/s1. The van der Waals surface area contributed by atoms with Crippen LogP contribution in [0.4, 0.5) is 5.00 Å². The number of rotatable bonds is 8. The van der Waals surface area contributed by atoms with Crippen molar-refractivity contribution in [3.8, 4) is 11.5 Å². The summed E-state index contributed by atoms with van der Waals surface area (Å²) in [7, 11) is 1.54. The lowest BCUT2D eigenvalue weighted by molar-refractivity contribution is -0.136. The van der Waals surface area contributed by atoms with Gasteiger partial charge in [-0.1, -0.05) is 19.1 Å². The van der Waals surface area contributed by atoms with Crippen molar-refractivity contribution in [3.63, 3.8) is 0 Å². The maximum absolute atomic E-state index is 12.6. The summed E-state index contributed by atoms with van der Waals surface area (Å²) in [5, 5.41) is 6.69. The van der Waals surface area contributed by atoms with Gasteiger partial charge in [0.05, 0.1) is 31.1 Å². The molecule has 3 aromatic rings. The van der Waals surface area contributed by atoms with Gasteiger partial charge in [-0.15, -0.1) is 11.3 Å². The number of hydrogen-bond acceptors (Lipinski definition) is 9. The van der Waals surface area contributed by atoms with Crippen molar-refractivity contribution in [1.29, 1.82) is 0 Å². The first-order chi connectivity index (χ1) is 19.3. The van der Waals surface area contributed by atoms with Gasteiger partial charge < -0.3 is 19.5 Å². The number of fused-ring (bicyclic) bond motifs is 1. The molecule has 208 valence electrons. The molecule has 1 aliphatic rings. The van der Waals surface area contributed by atoms with Gasteiger partial charge in [-0.3, -0.25) is 9.59 Å². The maximum atomic E-state index is 12.6. The molecule has 4 rings (SSSR count). The van der Waals surface area contributed by atoms with E-state index in [9.17, 15) is 19.2 Å².